The molecule has 0 radical (unpaired) electrons. The van der Waals surface area contributed by atoms with Crippen LogP contribution < -0.4 is 16.0 Å². The number of imide groups is 1. The van der Waals surface area contributed by atoms with E-state index in [0.29, 0.717) is 11.6 Å². The van der Waals surface area contributed by atoms with Gasteiger partial charge in [0.1, 0.15) is 11.8 Å². The van der Waals surface area contributed by atoms with Crippen LogP contribution in [0.15, 0.2) is 12.3 Å². The monoisotopic (exact) mass is 328 g/mol. The fourth-order valence-electron chi connectivity index (χ4n) is 2.75. The number of piperidine rings is 1. The fraction of sp³-hybridized carbons (Fsp3) is 0.438. The number of hydrogen-bond donors (Lipinski definition) is 2. The zero-order chi connectivity index (χ0) is 17.7. The third kappa shape index (κ3) is 3.87. The van der Waals surface area contributed by atoms with Gasteiger partial charge in [-0.15, -0.1) is 10.2 Å². The van der Waals surface area contributed by atoms with E-state index in [1.54, 1.807) is 6.07 Å². The predicted octanol–water partition coefficient (Wildman–Crippen LogP) is 0.547. The highest BCUT2D eigenvalue weighted by atomic mass is 16.2. The van der Waals surface area contributed by atoms with Crippen LogP contribution in [0.4, 0.5) is 5.69 Å². The lowest BCUT2D eigenvalue weighted by atomic mass is 9.99. The molecule has 2 heterocycles. The summed E-state index contributed by atoms with van der Waals surface area (Å²) >= 11 is 0. The van der Waals surface area contributed by atoms with E-state index in [1.165, 1.54) is 6.92 Å². The zero-order valence-corrected chi connectivity index (χ0v) is 13.7. The second-order valence-electron chi connectivity index (χ2n) is 5.86. The highest BCUT2D eigenvalue weighted by Crippen LogP contribution is 2.26. The van der Waals surface area contributed by atoms with E-state index < -0.39 is 11.8 Å². The maximum atomic E-state index is 12.1. The highest BCUT2D eigenvalue weighted by Gasteiger charge is 2.23. The lowest BCUT2D eigenvalue weighted by Crippen LogP contribution is -2.35. The molecule has 0 aromatic carbocycles. The van der Waals surface area contributed by atoms with Gasteiger partial charge in [-0.3, -0.25) is 14.9 Å². The Labute approximate surface area is 140 Å². The molecule has 0 aliphatic carbocycles. The Morgan fingerprint density at radius 2 is 2.25 bits per heavy atom. The number of amides is 2. The number of nitrogens with two attached hydrogens (primary N) is 1. The Kier molecular flexibility index (Phi) is 5.47. The smallest absolute Gasteiger partial charge is 0.261 e. The molecule has 1 aliphatic heterocycles. The number of aromatic nitrogens is 2. The minimum Gasteiger partial charge on any atom is -0.404 e. The van der Waals surface area contributed by atoms with Crippen molar-refractivity contribution < 1.29 is 9.59 Å². The standard InChI is InChI=1S/C16H20N6O2/c1-10-4-3-5-22(9-10)15-6-13(20-21-14(15)8-18)12(7-17)16(24)19-11(2)23/h6-7,10H,3-5,9,17H2,1-2H3,(H,19,23,24)/b12-7-/t10-/m1/s1. The lowest BCUT2D eigenvalue weighted by Gasteiger charge is -2.33. The van der Waals surface area contributed by atoms with Crippen LogP contribution in [0.25, 0.3) is 5.57 Å². The molecule has 24 heavy (non-hydrogen) atoms. The molecule has 2 rings (SSSR count). The quantitative estimate of drug-likeness (QED) is 0.776. The maximum absolute atomic E-state index is 12.1. The summed E-state index contributed by atoms with van der Waals surface area (Å²) < 4.78 is 0. The van der Waals surface area contributed by atoms with Gasteiger partial charge >= 0.3 is 0 Å². The molecule has 1 aromatic rings. The molecule has 126 valence electrons. The molecule has 0 unspecified atom stereocenters. The van der Waals surface area contributed by atoms with Crippen molar-refractivity contribution in [1.29, 1.82) is 5.26 Å². The Morgan fingerprint density at radius 3 is 2.83 bits per heavy atom. The van der Waals surface area contributed by atoms with E-state index in [1.807, 2.05) is 6.07 Å². The van der Waals surface area contributed by atoms with Crippen LogP contribution in [0.5, 0.6) is 0 Å². The average molecular weight is 328 g/mol. The summed E-state index contributed by atoms with van der Waals surface area (Å²) in [5.74, 6) is -0.638. The summed E-state index contributed by atoms with van der Waals surface area (Å²) in [4.78, 5) is 25.2. The number of rotatable bonds is 3. The summed E-state index contributed by atoms with van der Waals surface area (Å²) in [5.41, 5.74) is 6.62. The minimum atomic E-state index is -0.651. The van der Waals surface area contributed by atoms with Crippen molar-refractivity contribution >= 4 is 23.1 Å². The van der Waals surface area contributed by atoms with Crippen molar-refractivity contribution in [3.8, 4) is 6.07 Å². The SMILES string of the molecule is CC(=O)NC(=O)/C(=C\N)c1cc(N2CCC[C@@H](C)C2)c(C#N)nn1. The number of carbonyl (C=O) groups is 2. The van der Waals surface area contributed by atoms with Gasteiger partial charge in [-0.2, -0.15) is 5.26 Å². The van der Waals surface area contributed by atoms with Crippen molar-refractivity contribution in [2.75, 3.05) is 18.0 Å². The molecular formula is C16H20N6O2. The molecule has 1 aromatic heterocycles. The predicted molar refractivity (Wildman–Crippen MR) is 88.3 cm³/mol. The summed E-state index contributed by atoms with van der Waals surface area (Å²) in [6.45, 7) is 5.00. The van der Waals surface area contributed by atoms with Crippen molar-refractivity contribution in [3.63, 3.8) is 0 Å². The molecule has 3 N–H and O–H groups in total. The summed E-state index contributed by atoms with van der Waals surface area (Å²) in [5, 5.41) is 19.3. The summed E-state index contributed by atoms with van der Waals surface area (Å²) in [6, 6.07) is 3.66. The third-order valence-corrected chi connectivity index (χ3v) is 3.85. The third-order valence-electron chi connectivity index (χ3n) is 3.85. The number of hydrogen-bond acceptors (Lipinski definition) is 7. The normalized spacial score (nSPS) is 18.0. The molecule has 1 fully saturated rings. The van der Waals surface area contributed by atoms with E-state index >= 15 is 0 Å². The van der Waals surface area contributed by atoms with Gasteiger partial charge in [-0.05, 0) is 24.8 Å². The fourth-order valence-corrected chi connectivity index (χ4v) is 2.75. The molecule has 0 bridgehead atoms. The first-order chi connectivity index (χ1) is 11.5. The second kappa shape index (κ2) is 7.55. The highest BCUT2D eigenvalue weighted by molar-refractivity contribution is 6.23. The average Bonchev–Trinajstić information content (AvgIpc) is 2.54. The number of nitrogens with one attached hydrogen (secondary N) is 1. The van der Waals surface area contributed by atoms with Crippen LogP contribution in [0.2, 0.25) is 0 Å². The number of anilines is 1. The van der Waals surface area contributed by atoms with Crippen LogP contribution in [0.3, 0.4) is 0 Å². The number of nitriles is 1. The van der Waals surface area contributed by atoms with Crippen molar-refractivity contribution in [3.05, 3.63) is 23.7 Å². The van der Waals surface area contributed by atoms with Crippen LogP contribution in [0, 0.1) is 17.2 Å². The second-order valence-corrected chi connectivity index (χ2v) is 5.86. The molecular weight excluding hydrogens is 308 g/mol. The van der Waals surface area contributed by atoms with Crippen LogP contribution in [-0.2, 0) is 9.59 Å². The first-order valence-corrected chi connectivity index (χ1v) is 7.73. The van der Waals surface area contributed by atoms with Crippen molar-refractivity contribution in [1.82, 2.24) is 15.5 Å². The molecule has 1 saturated heterocycles. The lowest BCUT2D eigenvalue weighted by molar-refractivity contribution is -0.126. The van der Waals surface area contributed by atoms with Gasteiger partial charge in [0.2, 0.25) is 5.91 Å². The van der Waals surface area contributed by atoms with E-state index in [0.717, 1.165) is 32.1 Å². The van der Waals surface area contributed by atoms with Crippen LogP contribution in [0.1, 0.15) is 38.1 Å². The first kappa shape index (κ1) is 17.4. The molecule has 2 amide bonds. The van der Waals surface area contributed by atoms with Gasteiger partial charge < -0.3 is 10.6 Å². The molecule has 8 nitrogen and oxygen atoms in total. The number of carbonyl (C=O) groups excluding carboxylic acids is 2. The number of nitrogens with zero attached hydrogens (tertiary/aromatic N) is 4. The Morgan fingerprint density at radius 1 is 1.50 bits per heavy atom. The first-order valence-electron chi connectivity index (χ1n) is 7.73. The van der Waals surface area contributed by atoms with Crippen molar-refractivity contribution in [2.24, 2.45) is 11.7 Å². The minimum absolute atomic E-state index is 0.0356. The maximum Gasteiger partial charge on any atom is 0.261 e. The molecule has 0 saturated carbocycles. The van der Waals surface area contributed by atoms with Crippen LogP contribution >= 0.6 is 0 Å². The molecule has 1 aliphatic rings. The molecule has 0 spiro atoms. The van der Waals surface area contributed by atoms with Gasteiger partial charge in [-0.1, -0.05) is 6.92 Å². The van der Waals surface area contributed by atoms with E-state index in [2.05, 4.69) is 27.3 Å². The van der Waals surface area contributed by atoms with Gasteiger partial charge in [-0.25, -0.2) is 0 Å². The van der Waals surface area contributed by atoms with Gasteiger partial charge in [0.15, 0.2) is 5.69 Å². The van der Waals surface area contributed by atoms with Crippen LogP contribution in [-0.4, -0.2) is 35.1 Å². The van der Waals surface area contributed by atoms with E-state index in [9.17, 15) is 14.9 Å². The Hall–Kier alpha value is -2.95. The summed E-state index contributed by atoms with van der Waals surface area (Å²) in [6.07, 6.45) is 3.24. The molecule has 8 heteroatoms. The Balaban J connectivity index is 2.39. The van der Waals surface area contributed by atoms with Gasteiger partial charge in [0.25, 0.3) is 5.91 Å². The van der Waals surface area contributed by atoms with E-state index in [4.69, 9.17) is 5.73 Å². The Bertz CT molecular complexity index is 722. The topological polar surface area (TPSA) is 125 Å². The molecule has 1 atom stereocenters. The van der Waals surface area contributed by atoms with Crippen molar-refractivity contribution in [2.45, 2.75) is 26.7 Å². The van der Waals surface area contributed by atoms with Gasteiger partial charge in [0, 0.05) is 26.2 Å². The van der Waals surface area contributed by atoms with Gasteiger partial charge in [0.05, 0.1) is 11.3 Å². The zero-order valence-electron chi connectivity index (χ0n) is 13.7. The largest absolute Gasteiger partial charge is 0.404 e. The summed E-state index contributed by atoms with van der Waals surface area (Å²) in [7, 11) is 0. The van der Waals surface area contributed by atoms with E-state index in [-0.39, 0.29) is 17.0 Å².